The van der Waals surface area contributed by atoms with Crippen molar-refractivity contribution >= 4 is 34.7 Å². The molecule has 0 saturated heterocycles. The SMILES string of the molecule is Cc1ccc(Cl)cc1Nc1cc(C(=O)Nc2ccccc2C#N)ncn1. The van der Waals surface area contributed by atoms with Crippen LogP contribution in [0.4, 0.5) is 17.2 Å². The van der Waals surface area contributed by atoms with Crippen LogP contribution in [0.3, 0.4) is 0 Å². The number of anilines is 3. The minimum atomic E-state index is -0.430. The second-order valence-corrected chi connectivity index (χ2v) is 5.92. The molecule has 26 heavy (non-hydrogen) atoms. The lowest BCUT2D eigenvalue weighted by molar-refractivity contribution is 0.102. The van der Waals surface area contributed by atoms with Crippen LogP contribution < -0.4 is 10.6 Å². The lowest BCUT2D eigenvalue weighted by Crippen LogP contribution is -2.15. The molecule has 0 aliphatic heterocycles. The van der Waals surface area contributed by atoms with Crippen LogP contribution in [0.15, 0.2) is 54.9 Å². The van der Waals surface area contributed by atoms with E-state index in [-0.39, 0.29) is 5.69 Å². The van der Waals surface area contributed by atoms with Gasteiger partial charge in [-0.15, -0.1) is 0 Å². The van der Waals surface area contributed by atoms with Gasteiger partial charge in [-0.2, -0.15) is 5.26 Å². The Kier molecular flexibility index (Phi) is 5.11. The number of amides is 1. The van der Waals surface area contributed by atoms with E-state index in [0.29, 0.717) is 22.1 Å². The van der Waals surface area contributed by atoms with Crippen LogP contribution in [-0.4, -0.2) is 15.9 Å². The van der Waals surface area contributed by atoms with Crippen molar-refractivity contribution in [2.75, 3.05) is 10.6 Å². The molecule has 6 nitrogen and oxygen atoms in total. The summed E-state index contributed by atoms with van der Waals surface area (Å²) in [5.41, 5.74) is 2.76. The van der Waals surface area contributed by atoms with E-state index < -0.39 is 5.91 Å². The van der Waals surface area contributed by atoms with Gasteiger partial charge in [-0.05, 0) is 36.8 Å². The van der Waals surface area contributed by atoms with Crippen LogP contribution in [-0.2, 0) is 0 Å². The van der Waals surface area contributed by atoms with Crippen LogP contribution in [0.1, 0.15) is 21.6 Å². The number of carbonyl (C=O) groups is 1. The zero-order chi connectivity index (χ0) is 18.5. The van der Waals surface area contributed by atoms with E-state index in [0.717, 1.165) is 11.3 Å². The molecule has 1 heterocycles. The lowest BCUT2D eigenvalue weighted by atomic mass is 10.2. The molecular weight excluding hydrogens is 350 g/mol. The van der Waals surface area contributed by atoms with Crippen molar-refractivity contribution in [2.24, 2.45) is 0 Å². The Hall–Kier alpha value is -3.43. The zero-order valence-electron chi connectivity index (χ0n) is 13.8. The molecule has 0 fully saturated rings. The Morgan fingerprint density at radius 1 is 1.12 bits per heavy atom. The van der Waals surface area contributed by atoms with Crippen molar-refractivity contribution in [2.45, 2.75) is 6.92 Å². The molecule has 1 amide bonds. The van der Waals surface area contributed by atoms with Crippen LogP contribution >= 0.6 is 11.6 Å². The molecule has 2 aromatic carbocycles. The number of halogens is 1. The largest absolute Gasteiger partial charge is 0.340 e. The molecule has 0 aliphatic carbocycles. The summed E-state index contributed by atoms with van der Waals surface area (Å²) in [6.45, 7) is 1.94. The summed E-state index contributed by atoms with van der Waals surface area (Å²) in [7, 11) is 0. The topological polar surface area (TPSA) is 90.7 Å². The predicted molar refractivity (Wildman–Crippen MR) is 101 cm³/mol. The summed E-state index contributed by atoms with van der Waals surface area (Å²) in [5, 5.41) is 15.5. The average molecular weight is 364 g/mol. The summed E-state index contributed by atoms with van der Waals surface area (Å²) in [5.74, 6) is 0.0325. The second kappa shape index (κ2) is 7.64. The Morgan fingerprint density at radius 3 is 2.73 bits per heavy atom. The van der Waals surface area contributed by atoms with E-state index in [2.05, 4.69) is 20.6 Å². The number of benzene rings is 2. The van der Waals surface area contributed by atoms with E-state index in [9.17, 15) is 4.79 Å². The standard InChI is InChI=1S/C19H14ClN5O/c1-12-6-7-14(20)8-16(12)24-18-9-17(22-11-23-18)19(26)25-15-5-3-2-4-13(15)10-21/h2-9,11H,1H3,(H,25,26)(H,22,23,24). The number of nitrogens with one attached hydrogen (secondary N) is 2. The van der Waals surface area contributed by atoms with Crippen LogP contribution in [0, 0.1) is 18.3 Å². The number of hydrogen-bond acceptors (Lipinski definition) is 5. The smallest absolute Gasteiger partial charge is 0.274 e. The van der Waals surface area contributed by atoms with Gasteiger partial charge in [0.25, 0.3) is 5.91 Å². The van der Waals surface area contributed by atoms with E-state index in [1.807, 2.05) is 19.1 Å². The number of nitriles is 1. The molecule has 0 radical (unpaired) electrons. The van der Waals surface area contributed by atoms with Crippen molar-refractivity contribution in [1.82, 2.24) is 9.97 Å². The van der Waals surface area contributed by atoms with E-state index >= 15 is 0 Å². The first-order valence-electron chi connectivity index (χ1n) is 7.72. The fourth-order valence-electron chi connectivity index (χ4n) is 2.29. The fourth-order valence-corrected chi connectivity index (χ4v) is 2.46. The van der Waals surface area contributed by atoms with Crippen molar-refractivity contribution in [1.29, 1.82) is 5.26 Å². The van der Waals surface area contributed by atoms with E-state index in [1.54, 1.807) is 36.4 Å². The third-order valence-corrected chi connectivity index (χ3v) is 3.89. The minimum Gasteiger partial charge on any atom is -0.340 e. The van der Waals surface area contributed by atoms with Crippen molar-refractivity contribution in [3.8, 4) is 6.07 Å². The molecule has 0 spiro atoms. The normalized spacial score (nSPS) is 10.0. The van der Waals surface area contributed by atoms with E-state index in [4.69, 9.17) is 16.9 Å². The highest BCUT2D eigenvalue weighted by Gasteiger charge is 2.12. The highest BCUT2D eigenvalue weighted by molar-refractivity contribution is 6.30. The van der Waals surface area contributed by atoms with Gasteiger partial charge in [0.05, 0.1) is 11.3 Å². The number of hydrogen-bond donors (Lipinski definition) is 2. The minimum absolute atomic E-state index is 0.176. The summed E-state index contributed by atoms with van der Waals surface area (Å²) in [4.78, 5) is 20.6. The Labute approximate surface area is 155 Å². The molecule has 0 bridgehead atoms. The monoisotopic (exact) mass is 363 g/mol. The van der Waals surface area contributed by atoms with Gasteiger partial charge in [0.2, 0.25) is 0 Å². The summed E-state index contributed by atoms with van der Waals surface area (Å²) >= 11 is 6.02. The van der Waals surface area contributed by atoms with Gasteiger partial charge < -0.3 is 10.6 Å². The maximum atomic E-state index is 12.4. The molecule has 3 aromatic rings. The molecule has 128 valence electrons. The van der Waals surface area contributed by atoms with E-state index in [1.165, 1.54) is 12.4 Å². The molecule has 0 unspecified atom stereocenters. The maximum absolute atomic E-state index is 12.4. The van der Waals surface area contributed by atoms with Gasteiger partial charge in [0, 0.05) is 16.8 Å². The van der Waals surface area contributed by atoms with Crippen LogP contribution in [0.2, 0.25) is 5.02 Å². The molecule has 0 atom stereocenters. The number of aromatic nitrogens is 2. The third kappa shape index (κ3) is 3.97. The highest BCUT2D eigenvalue weighted by Crippen LogP contribution is 2.23. The van der Waals surface area contributed by atoms with Gasteiger partial charge in [-0.1, -0.05) is 29.8 Å². The molecule has 3 rings (SSSR count). The zero-order valence-corrected chi connectivity index (χ0v) is 14.6. The number of para-hydroxylation sites is 1. The molecule has 1 aromatic heterocycles. The summed E-state index contributed by atoms with van der Waals surface area (Å²) in [6, 6.07) is 15.8. The molecular formula is C19H14ClN5O. The fraction of sp³-hybridized carbons (Fsp3) is 0.0526. The van der Waals surface area contributed by atoms with Crippen molar-refractivity contribution in [3.63, 3.8) is 0 Å². The quantitative estimate of drug-likeness (QED) is 0.720. The first-order valence-corrected chi connectivity index (χ1v) is 8.10. The summed E-state index contributed by atoms with van der Waals surface area (Å²) < 4.78 is 0. The lowest BCUT2D eigenvalue weighted by Gasteiger charge is -2.10. The van der Waals surface area contributed by atoms with Crippen LogP contribution in [0.5, 0.6) is 0 Å². The number of nitrogens with zero attached hydrogens (tertiary/aromatic N) is 3. The number of carbonyl (C=O) groups excluding carboxylic acids is 1. The molecule has 0 saturated carbocycles. The average Bonchev–Trinajstić information content (AvgIpc) is 2.65. The van der Waals surface area contributed by atoms with Gasteiger partial charge in [0.15, 0.2) is 0 Å². The first kappa shape index (κ1) is 17.4. The number of aryl methyl sites for hydroxylation is 1. The third-order valence-electron chi connectivity index (χ3n) is 3.66. The highest BCUT2D eigenvalue weighted by atomic mass is 35.5. The van der Waals surface area contributed by atoms with Crippen molar-refractivity contribution < 1.29 is 4.79 Å². The first-order chi connectivity index (χ1) is 12.6. The van der Waals surface area contributed by atoms with Gasteiger partial charge in [-0.3, -0.25) is 4.79 Å². The predicted octanol–water partition coefficient (Wildman–Crippen LogP) is 4.31. The van der Waals surface area contributed by atoms with Crippen LogP contribution in [0.25, 0.3) is 0 Å². The number of rotatable bonds is 4. The second-order valence-electron chi connectivity index (χ2n) is 5.48. The Bertz CT molecular complexity index is 1010. The van der Waals surface area contributed by atoms with Gasteiger partial charge in [0.1, 0.15) is 23.9 Å². The Morgan fingerprint density at radius 2 is 1.92 bits per heavy atom. The molecule has 0 aliphatic rings. The summed E-state index contributed by atoms with van der Waals surface area (Å²) in [6.07, 6.45) is 1.30. The Balaban J connectivity index is 1.82. The maximum Gasteiger partial charge on any atom is 0.274 e. The van der Waals surface area contributed by atoms with Gasteiger partial charge >= 0.3 is 0 Å². The molecule has 2 N–H and O–H groups in total. The molecule has 7 heteroatoms. The van der Waals surface area contributed by atoms with Crippen molar-refractivity contribution in [3.05, 3.63) is 76.7 Å². The van der Waals surface area contributed by atoms with Gasteiger partial charge in [-0.25, -0.2) is 9.97 Å².